The molecule has 0 aromatic heterocycles. The van der Waals surface area contributed by atoms with Gasteiger partial charge >= 0.3 is 5.97 Å². The molecular weight excluding hydrogens is 314 g/mol. The maximum Gasteiger partial charge on any atom is 0.306 e. The van der Waals surface area contributed by atoms with Crippen LogP contribution in [0.15, 0.2) is 28.7 Å². The molecule has 0 spiro atoms. The van der Waals surface area contributed by atoms with Gasteiger partial charge < -0.3 is 14.7 Å². The lowest BCUT2D eigenvalue weighted by Crippen LogP contribution is -2.46. The fourth-order valence-corrected chi connectivity index (χ4v) is 2.43. The van der Waals surface area contributed by atoms with Crippen LogP contribution in [-0.4, -0.2) is 47.7 Å². The Morgan fingerprint density at radius 2 is 2.26 bits per heavy atom. The fourth-order valence-electron chi connectivity index (χ4n) is 2.03. The topological polar surface area (TPSA) is 66.8 Å². The maximum absolute atomic E-state index is 12.3. The number of carboxylic acid groups (broad SMARTS) is 1. The summed E-state index contributed by atoms with van der Waals surface area (Å²) >= 11 is 3.33. The Hall–Kier alpha value is -1.40. The van der Waals surface area contributed by atoms with Crippen LogP contribution in [0.4, 0.5) is 0 Å². The first-order valence-corrected chi connectivity index (χ1v) is 6.74. The average Bonchev–Trinajstić information content (AvgIpc) is 2.37. The quantitative estimate of drug-likeness (QED) is 0.918. The summed E-state index contributed by atoms with van der Waals surface area (Å²) in [6.45, 7) is 1.18. The van der Waals surface area contributed by atoms with Gasteiger partial charge in [-0.05, 0) is 18.2 Å². The number of halogens is 1. The Labute approximate surface area is 119 Å². The normalized spacial score (nSPS) is 19.2. The maximum atomic E-state index is 12.3. The molecule has 1 saturated heterocycles. The number of carbonyl (C=O) groups is 2. The number of ether oxygens (including phenoxy) is 1. The highest BCUT2D eigenvalue weighted by molar-refractivity contribution is 9.10. The second kappa shape index (κ2) is 6.16. The van der Waals surface area contributed by atoms with E-state index in [4.69, 9.17) is 9.84 Å². The van der Waals surface area contributed by atoms with E-state index < -0.39 is 12.1 Å². The number of benzene rings is 1. The molecule has 1 unspecified atom stereocenters. The highest BCUT2D eigenvalue weighted by Gasteiger charge is 2.26. The first kappa shape index (κ1) is 14.0. The first-order valence-electron chi connectivity index (χ1n) is 5.94. The van der Waals surface area contributed by atoms with Crippen molar-refractivity contribution >= 4 is 27.8 Å². The van der Waals surface area contributed by atoms with Crippen molar-refractivity contribution in [3.05, 3.63) is 34.3 Å². The van der Waals surface area contributed by atoms with Crippen LogP contribution in [0.5, 0.6) is 0 Å². The smallest absolute Gasteiger partial charge is 0.306 e. The third-order valence-corrected chi connectivity index (χ3v) is 3.39. The van der Waals surface area contributed by atoms with Gasteiger partial charge in [-0.25, -0.2) is 0 Å². The number of amides is 1. The molecule has 1 atom stereocenters. The summed E-state index contributed by atoms with van der Waals surface area (Å²) in [5, 5.41) is 8.75. The largest absolute Gasteiger partial charge is 0.481 e. The Balaban J connectivity index is 2.04. The van der Waals surface area contributed by atoms with Crippen LogP contribution in [0.25, 0.3) is 0 Å². The second-order valence-electron chi connectivity index (χ2n) is 4.35. The van der Waals surface area contributed by atoms with Crippen LogP contribution in [0.1, 0.15) is 16.8 Å². The molecule has 2 rings (SSSR count). The van der Waals surface area contributed by atoms with Gasteiger partial charge in [0.15, 0.2) is 0 Å². The number of carbonyl (C=O) groups excluding carboxylic acids is 1. The predicted octanol–water partition coefficient (Wildman–Crippen LogP) is 1.76. The van der Waals surface area contributed by atoms with Gasteiger partial charge in [0.2, 0.25) is 0 Å². The molecule has 102 valence electrons. The van der Waals surface area contributed by atoms with Gasteiger partial charge in [0.25, 0.3) is 5.91 Å². The Bertz CT molecular complexity index is 491. The van der Waals surface area contributed by atoms with E-state index in [1.165, 1.54) is 0 Å². The van der Waals surface area contributed by atoms with Crippen molar-refractivity contribution in [3.8, 4) is 0 Å². The predicted molar refractivity (Wildman–Crippen MR) is 72.0 cm³/mol. The Morgan fingerprint density at radius 1 is 1.47 bits per heavy atom. The standard InChI is InChI=1S/C13H14BrNO4/c14-10-3-1-2-9(6-10)13(18)15-4-5-19-11(8-15)7-12(16)17/h1-3,6,11H,4-5,7-8H2,(H,16,17). The van der Waals surface area contributed by atoms with Crippen LogP contribution < -0.4 is 0 Å². The van der Waals surface area contributed by atoms with Gasteiger partial charge in [0.1, 0.15) is 0 Å². The molecule has 1 heterocycles. The van der Waals surface area contributed by atoms with Gasteiger partial charge in [-0.2, -0.15) is 0 Å². The number of aliphatic carboxylic acids is 1. The van der Waals surface area contributed by atoms with E-state index in [2.05, 4.69) is 15.9 Å². The van der Waals surface area contributed by atoms with Gasteiger partial charge in [-0.15, -0.1) is 0 Å². The molecule has 0 radical (unpaired) electrons. The Kier molecular flexibility index (Phi) is 4.55. The Morgan fingerprint density at radius 3 is 2.95 bits per heavy atom. The van der Waals surface area contributed by atoms with Gasteiger partial charge in [0, 0.05) is 23.1 Å². The van der Waals surface area contributed by atoms with E-state index in [0.29, 0.717) is 25.3 Å². The third-order valence-electron chi connectivity index (χ3n) is 2.90. The summed E-state index contributed by atoms with van der Waals surface area (Å²) in [5.74, 6) is -1.01. The van der Waals surface area contributed by atoms with Crippen LogP contribution >= 0.6 is 15.9 Å². The number of hydrogen-bond donors (Lipinski definition) is 1. The fraction of sp³-hybridized carbons (Fsp3) is 0.385. The number of hydrogen-bond acceptors (Lipinski definition) is 3. The summed E-state index contributed by atoms with van der Waals surface area (Å²) in [5.41, 5.74) is 0.588. The van der Waals surface area contributed by atoms with Crippen molar-refractivity contribution in [1.29, 1.82) is 0 Å². The second-order valence-corrected chi connectivity index (χ2v) is 5.27. The molecule has 6 heteroatoms. The van der Waals surface area contributed by atoms with E-state index in [0.717, 1.165) is 4.47 Å². The third kappa shape index (κ3) is 3.78. The molecule has 1 aliphatic rings. The lowest BCUT2D eigenvalue weighted by Gasteiger charge is -2.32. The van der Waals surface area contributed by atoms with Crippen LogP contribution in [0.3, 0.4) is 0 Å². The lowest BCUT2D eigenvalue weighted by molar-refractivity contribution is -0.141. The lowest BCUT2D eigenvalue weighted by atomic mass is 10.1. The molecule has 0 aliphatic carbocycles. The molecule has 1 aromatic rings. The summed E-state index contributed by atoms with van der Waals surface area (Å²) in [6.07, 6.45) is -0.509. The molecule has 0 bridgehead atoms. The number of morpholine rings is 1. The van der Waals surface area contributed by atoms with Crippen molar-refractivity contribution in [3.63, 3.8) is 0 Å². The van der Waals surface area contributed by atoms with E-state index in [1.807, 2.05) is 6.07 Å². The van der Waals surface area contributed by atoms with Crippen LogP contribution in [-0.2, 0) is 9.53 Å². The number of carboxylic acids is 1. The SMILES string of the molecule is O=C(O)CC1CN(C(=O)c2cccc(Br)c2)CCO1. The van der Waals surface area contributed by atoms with Gasteiger partial charge in [-0.1, -0.05) is 22.0 Å². The van der Waals surface area contributed by atoms with Crippen molar-refractivity contribution in [2.75, 3.05) is 19.7 Å². The summed E-state index contributed by atoms with van der Waals surface area (Å²) in [6, 6.07) is 7.15. The molecule has 1 N–H and O–H groups in total. The molecule has 1 aliphatic heterocycles. The minimum Gasteiger partial charge on any atom is -0.481 e. The molecule has 1 aromatic carbocycles. The van der Waals surface area contributed by atoms with Crippen molar-refractivity contribution in [2.24, 2.45) is 0 Å². The minimum atomic E-state index is -0.915. The van der Waals surface area contributed by atoms with E-state index >= 15 is 0 Å². The molecule has 19 heavy (non-hydrogen) atoms. The van der Waals surface area contributed by atoms with Crippen LogP contribution in [0, 0.1) is 0 Å². The van der Waals surface area contributed by atoms with Crippen LogP contribution in [0.2, 0.25) is 0 Å². The van der Waals surface area contributed by atoms with E-state index in [9.17, 15) is 9.59 Å². The average molecular weight is 328 g/mol. The van der Waals surface area contributed by atoms with E-state index in [-0.39, 0.29) is 12.3 Å². The van der Waals surface area contributed by atoms with Crippen molar-refractivity contribution < 1.29 is 19.4 Å². The van der Waals surface area contributed by atoms with E-state index in [1.54, 1.807) is 23.1 Å². The van der Waals surface area contributed by atoms with Crippen molar-refractivity contribution in [2.45, 2.75) is 12.5 Å². The van der Waals surface area contributed by atoms with Crippen molar-refractivity contribution in [1.82, 2.24) is 4.90 Å². The highest BCUT2D eigenvalue weighted by Crippen LogP contribution is 2.16. The molecule has 5 nitrogen and oxygen atoms in total. The highest BCUT2D eigenvalue weighted by atomic mass is 79.9. The summed E-state index contributed by atoms with van der Waals surface area (Å²) < 4.78 is 6.19. The number of rotatable bonds is 3. The molecular formula is C13H14BrNO4. The first-order chi connectivity index (χ1) is 9.06. The summed E-state index contributed by atoms with van der Waals surface area (Å²) in [4.78, 5) is 24.6. The molecule has 1 fully saturated rings. The van der Waals surface area contributed by atoms with Gasteiger partial charge in [-0.3, -0.25) is 9.59 Å². The number of nitrogens with zero attached hydrogens (tertiary/aromatic N) is 1. The minimum absolute atomic E-state index is 0.0811. The molecule has 1 amide bonds. The molecule has 0 saturated carbocycles. The summed E-state index contributed by atoms with van der Waals surface area (Å²) in [7, 11) is 0. The zero-order valence-corrected chi connectivity index (χ0v) is 11.8. The monoisotopic (exact) mass is 327 g/mol. The van der Waals surface area contributed by atoms with Gasteiger partial charge in [0.05, 0.1) is 19.1 Å². The zero-order chi connectivity index (χ0) is 13.8. The zero-order valence-electron chi connectivity index (χ0n) is 10.2.